The van der Waals surface area contributed by atoms with Crippen LogP contribution in [0, 0.1) is 13.8 Å². The summed E-state index contributed by atoms with van der Waals surface area (Å²) in [7, 11) is -1.88. The Morgan fingerprint density at radius 1 is 1.08 bits per heavy atom. The average Bonchev–Trinajstić information content (AvgIpc) is 2.56. The van der Waals surface area contributed by atoms with E-state index in [1.165, 1.54) is 0 Å². The summed E-state index contributed by atoms with van der Waals surface area (Å²) in [5.74, 6) is 0.786. The molecule has 0 aliphatic carbocycles. The standard InChI is InChI=1S/C20H23NO3S/c1-15-7-9-19(10-8-15)25(22,23)21-11-5-4-6-17-13-18(24-3)12-16(2)20(17)14-21/h4,6-10,12-13H,5,11,14H2,1-3H3/b6-4-. The molecule has 0 radical (unpaired) electrons. The lowest BCUT2D eigenvalue weighted by atomic mass is 9.99. The van der Waals surface area contributed by atoms with Crippen molar-refractivity contribution in [1.82, 2.24) is 4.31 Å². The molecule has 0 saturated carbocycles. The summed E-state index contributed by atoms with van der Waals surface area (Å²) < 4.78 is 33.1. The van der Waals surface area contributed by atoms with Crippen molar-refractivity contribution in [2.75, 3.05) is 13.7 Å². The number of hydrogen-bond donors (Lipinski definition) is 0. The summed E-state index contributed by atoms with van der Waals surface area (Å²) in [5.41, 5.74) is 4.11. The number of sulfonamides is 1. The quantitative estimate of drug-likeness (QED) is 0.836. The number of ether oxygens (including phenoxy) is 1. The van der Waals surface area contributed by atoms with Crippen molar-refractivity contribution in [3.8, 4) is 5.75 Å². The first-order valence-corrected chi connectivity index (χ1v) is 9.76. The molecule has 0 spiro atoms. The highest BCUT2D eigenvalue weighted by atomic mass is 32.2. The average molecular weight is 357 g/mol. The molecule has 2 aromatic rings. The van der Waals surface area contributed by atoms with Crippen LogP contribution < -0.4 is 4.74 Å². The van der Waals surface area contributed by atoms with Gasteiger partial charge in [0, 0.05) is 13.1 Å². The highest BCUT2D eigenvalue weighted by Gasteiger charge is 2.26. The minimum Gasteiger partial charge on any atom is -0.497 e. The molecule has 132 valence electrons. The fourth-order valence-electron chi connectivity index (χ4n) is 3.04. The molecule has 3 rings (SSSR count). The second kappa shape index (κ2) is 7.02. The molecule has 5 heteroatoms. The number of benzene rings is 2. The van der Waals surface area contributed by atoms with Crippen LogP contribution in [0.5, 0.6) is 5.75 Å². The summed E-state index contributed by atoms with van der Waals surface area (Å²) >= 11 is 0. The fourth-order valence-corrected chi connectivity index (χ4v) is 4.46. The van der Waals surface area contributed by atoms with Crippen LogP contribution in [0.1, 0.15) is 28.7 Å². The maximum Gasteiger partial charge on any atom is 0.243 e. The smallest absolute Gasteiger partial charge is 0.243 e. The van der Waals surface area contributed by atoms with E-state index >= 15 is 0 Å². The van der Waals surface area contributed by atoms with Gasteiger partial charge in [-0.25, -0.2) is 8.42 Å². The van der Waals surface area contributed by atoms with Crippen LogP contribution in [0.25, 0.3) is 6.08 Å². The lowest BCUT2D eigenvalue weighted by Gasteiger charge is -2.25. The predicted molar refractivity (Wildman–Crippen MR) is 100 cm³/mol. The molecule has 0 unspecified atom stereocenters. The highest BCUT2D eigenvalue weighted by Crippen LogP contribution is 2.28. The van der Waals surface area contributed by atoms with Gasteiger partial charge in [-0.1, -0.05) is 29.8 Å². The third kappa shape index (κ3) is 3.62. The molecule has 0 atom stereocenters. The van der Waals surface area contributed by atoms with Crippen LogP contribution in [0.15, 0.2) is 47.4 Å². The topological polar surface area (TPSA) is 46.6 Å². The first-order chi connectivity index (χ1) is 11.9. The maximum absolute atomic E-state index is 13.1. The molecule has 4 nitrogen and oxygen atoms in total. The first-order valence-electron chi connectivity index (χ1n) is 8.32. The van der Waals surface area contributed by atoms with Gasteiger partial charge in [-0.05, 0) is 61.2 Å². The number of hydrogen-bond acceptors (Lipinski definition) is 3. The van der Waals surface area contributed by atoms with Crippen molar-refractivity contribution in [1.29, 1.82) is 0 Å². The molecule has 1 aliphatic heterocycles. The number of rotatable bonds is 3. The third-order valence-corrected chi connectivity index (χ3v) is 6.41. The summed E-state index contributed by atoms with van der Waals surface area (Å²) in [6.07, 6.45) is 4.76. The molecule has 25 heavy (non-hydrogen) atoms. The van der Waals surface area contributed by atoms with E-state index in [0.717, 1.165) is 28.0 Å². The normalized spacial score (nSPS) is 16.6. The Kier molecular flexibility index (Phi) is 4.97. The molecule has 0 fully saturated rings. The zero-order chi connectivity index (χ0) is 18.0. The SMILES string of the molecule is COc1cc(C)c2c(c1)/C=C\CCN(S(=O)(=O)c1ccc(C)cc1)C2. The van der Waals surface area contributed by atoms with Crippen molar-refractivity contribution >= 4 is 16.1 Å². The van der Waals surface area contributed by atoms with Gasteiger partial charge >= 0.3 is 0 Å². The minimum atomic E-state index is -3.53. The molecular weight excluding hydrogens is 334 g/mol. The van der Waals surface area contributed by atoms with Crippen LogP contribution in [0.2, 0.25) is 0 Å². The van der Waals surface area contributed by atoms with E-state index in [1.807, 2.05) is 44.2 Å². The van der Waals surface area contributed by atoms with E-state index in [0.29, 0.717) is 24.4 Å². The van der Waals surface area contributed by atoms with Gasteiger partial charge in [-0.2, -0.15) is 4.31 Å². The minimum absolute atomic E-state index is 0.343. The van der Waals surface area contributed by atoms with Crippen molar-refractivity contribution in [3.63, 3.8) is 0 Å². The Morgan fingerprint density at radius 2 is 1.80 bits per heavy atom. The monoisotopic (exact) mass is 357 g/mol. The second-order valence-electron chi connectivity index (χ2n) is 6.35. The molecule has 1 aliphatic rings. The molecule has 0 saturated heterocycles. The van der Waals surface area contributed by atoms with E-state index in [1.54, 1.807) is 23.5 Å². The van der Waals surface area contributed by atoms with Gasteiger partial charge in [0.1, 0.15) is 5.75 Å². The second-order valence-corrected chi connectivity index (χ2v) is 8.29. The zero-order valence-electron chi connectivity index (χ0n) is 14.8. The maximum atomic E-state index is 13.1. The molecule has 0 bridgehead atoms. The van der Waals surface area contributed by atoms with Crippen molar-refractivity contribution in [2.45, 2.75) is 31.7 Å². The van der Waals surface area contributed by atoms with Crippen molar-refractivity contribution < 1.29 is 13.2 Å². The summed E-state index contributed by atoms with van der Waals surface area (Å²) in [5, 5.41) is 0. The highest BCUT2D eigenvalue weighted by molar-refractivity contribution is 7.89. The predicted octanol–water partition coefficient (Wildman–Crippen LogP) is 3.92. The number of aryl methyl sites for hydroxylation is 2. The zero-order valence-corrected chi connectivity index (χ0v) is 15.6. The van der Waals surface area contributed by atoms with Gasteiger partial charge < -0.3 is 4.74 Å². The van der Waals surface area contributed by atoms with Gasteiger partial charge in [0.05, 0.1) is 12.0 Å². The van der Waals surface area contributed by atoms with E-state index in [2.05, 4.69) is 6.08 Å². The lowest BCUT2D eigenvalue weighted by molar-refractivity contribution is 0.405. The van der Waals surface area contributed by atoms with Crippen LogP contribution in [0.3, 0.4) is 0 Å². The number of nitrogens with zero attached hydrogens (tertiary/aromatic N) is 1. The van der Waals surface area contributed by atoms with Crippen LogP contribution in [0.4, 0.5) is 0 Å². The van der Waals surface area contributed by atoms with E-state index in [4.69, 9.17) is 4.74 Å². The molecule has 1 heterocycles. The van der Waals surface area contributed by atoms with Gasteiger partial charge in [-0.3, -0.25) is 0 Å². The van der Waals surface area contributed by atoms with Crippen LogP contribution in [-0.4, -0.2) is 26.4 Å². The molecular formula is C20H23NO3S. The summed E-state index contributed by atoms with van der Waals surface area (Å²) in [6.45, 7) is 4.78. The molecule has 0 amide bonds. The Labute approximate surface area is 149 Å². The van der Waals surface area contributed by atoms with E-state index in [-0.39, 0.29) is 0 Å². The molecule has 0 aromatic heterocycles. The lowest BCUT2D eigenvalue weighted by Crippen LogP contribution is -2.32. The Bertz CT molecular complexity index is 899. The van der Waals surface area contributed by atoms with Crippen molar-refractivity contribution in [3.05, 3.63) is 64.7 Å². The van der Waals surface area contributed by atoms with Gasteiger partial charge in [0.25, 0.3) is 0 Å². The van der Waals surface area contributed by atoms with Crippen LogP contribution in [-0.2, 0) is 16.6 Å². The Hall–Kier alpha value is -2.11. The van der Waals surface area contributed by atoms with Crippen molar-refractivity contribution in [2.24, 2.45) is 0 Å². The molecule has 0 N–H and O–H groups in total. The third-order valence-electron chi connectivity index (χ3n) is 4.55. The first kappa shape index (κ1) is 17.7. The largest absolute Gasteiger partial charge is 0.497 e. The fraction of sp³-hybridized carbons (Fsp3) is 0.300. The van der Waals surface area contributed by atoms with Gasteiger partial charge in [-0.15, -0.1) is 0 Å². The Balaban J connectivity index is 2.02. The number of fused-ring (bicyclic) bond motifs is 1. The molecule has 2 aromatic carbocycles. The van der Waals surface area contributed by atoms with Gasteiger partial charge in [0.15, 0.2) is 0 Å². The Morgan fingerprint density at radius 3 is 2.48 bits per heavy atom. The number of methoxy groups -OCH3 is 1. The van der Waals surface area contributed by atoms with Crippen LogP contribution >= 0.6 is 0 Å². The summed E-state index contributed by atoms with van der Waals surface area (Å²) in [6, 6.07) is 10.9. The summed E-state index contributed by atoms with van der Waals surface area (Å²) in [4.78, 5) is 0.343. The van der Waals surface area contributed by atoms with Gasteiger partial charge in [0.2, 0.25) is 10.0 Å². The van der Waals surface area contributed by atoms with E-state index in [9.17, 15) is 8.42 Å². The van der Waals surface area contributed by atoms with E-state index < -0.39 is 10.0 Å².